The maximum atomic E-state index is 12.0. The molecule has 5 nitrogen and oxygen atoms in total. The minimum atomic E-state index is 0.291. The first-order chi connectivity index (χ1) is 9.72. The first kappa shape index (κ1) is 14.9. The second kappa shape index (κ2) is 7.33. The Morgan fingerprint density at radius 3 is 2.70 bits per heavy atom. The number of nitrogen functional groups attached to an aromatic ring is 1. The van der Waals surface area contributed by atoms with Gasteiger partial charge in [0.2, 0.25) is 0 Å². The summed E-state index contributed by atoms with van der Waals surface area (Å²) in [4.78, 5) is 2.23. The van der Waals surface area contributed by atoms with Gasteiger partial charge in [0.05, 0.1) is 19.3 Å². The normalized spacial score (nSPS) is 15.6. The van der Waals surface area contributed by atoms with Gasteiger partial charge < -0.3 is 14.8 Å². The lowest BCUT2D eigenvalue weighted by atomic mass is 10.1. The summed E-state index contributed by atoms with van der Waals surface area (Å²) in [5.74, 6) is 0.291. The molecule has 1 aliphatic rings. The van der Waals surface area contributed by atoms with Gasteiger partial charge in [-0.1, -0.05) is 26.2 Å². The number of unbranched alkanes of at least 4 members (excludes halogenated alkanes) is 3. The lowest BCUT2D eigenvalue weighted by molar-refractivity contribution is -0.598. The van der Waals surface area contributed by atoms with Gasteiger partial charge >= 0.3 is 0 Å². The molecule has 0 unspecified atom stereocenters. The largest absolute Gasteiger partial charge is 0.710 e. The summed E-state index contributed by atoms with van der Waals surface area (Å²) in [5, 5.41) is 12.0. The Labute approximate surface area is 120 Å². The van der Waals surface area contributed by atoms with Crippen LogP contribution in [0.15, 0.2) is 12.1 Å². The van der Waals surface area contributed by atoms with Crippen molar-refractivity contribution in [1.29, 1.82) is 0 Å². The van der Waals surface area contributed by atoms with Crippen molar-refractivity contribution in [2.45, 2.75) is 39.0 Å². The van der Waals surface area contributed by atoms with Crippen molar-refractivity contribution >= 4 is 11.5 Å². The first-order valence-electron chi connectivity index (χ1n) is 7.57. The quantitative estimate of drug-likeness (QED) is 0.490. The van der Waals surface area contributed by atoms with Gasteiger partial charge in [0.1, 0.15) is 5.69 Å². The Morgan fingerprint density at radius 2 is 2.00 bits per heavy atom. The van der Waals surface area contributed by atoms with E-state index in [9.17, 15) is 5.21 Å². The molecule has 20 heavy (non-hydrogen) atoms. The molecule has 1 aliphatic heterocycles. The summed E-state index contributed by atoms with van der Waals surface area (Å²) < 4.78 is 6.23. The molecule has 5 heteroatoms. The molecule has 2 heterocycles. The van der Waals surface area contributed by atoms with E-state index in [2.05, 4.69) is 11.8 Å². The van der Waals surface area contributed by atoms with Gasteiger partial charge in [-0.15, -0.1) is 0 Å². The van der Waals surface area contributed by atoms with E-state index in [-0.39, 0.29) is 0 Å². The molecule has 1 fully saturated rings. The number of anilines is 2. The SMILES string of the molecule is CCCCCCc1cc(N2CCOCC2)cc(N)[n+]1[O-]. The topological polar surface area (TPSA) is 65.4 Å². The molecular formula is C15H25N3O2. The lowest BCUT2D eigenvalue weighted by Crippen LogP contribution is -2.39. The minimum Gasteiger partial charge on any atom is -0.710 e. The summed E-state index contributed by atoms with van der Waals surface area (Å²) in [7, 11) is 0. The highest BCUT2D eigenvalue weighted by molar-refractivity contribution is 5.51. The number of aromatic nitrogens is 1. The summed E-state index contributed by atoms with van der Waals surface area (Å²) >= 11 is 0. The Hall–Kier alpha value is -1.49. The Morgan fingerprint density at radius 1 is 1.25 bits per heavy atom. The van der Waals surface area contributed by atoms with Gasteiger partial charge in [-0.2, -0.15) is 0 Å². The molecule has 0 aliphatic carbocycles. The van der Waals surface area contributed by atoms with Crippen molar-refractivity contribution in [2.24, 2.45) is 0 Å². The van der Waals surface area contributed by atoms with Crippen LogP contribution >= 0.6 is 0 Å². The van der Waals surface area contributed by atoms with Crippen molar-refractivity contribution in [3.05, 3.63) is 23.0 Å². The highest BCUT2D eigenvalue weighted by Gasteiger charge is 2.15. The summed E-state index contributed by atoms with van der Waals surface area (Å²) in [6.07, 6.45) is 5.43. The maximum absolute atomic E-state index is 12.0. The van der Waals surface area contributed by atoms with Crippen LogP contribution in [0.1, 0.15) is 38.3 Å². The Bertz CT molecular complexity index is 431. The number of hydrogen-bond acceptors (Lipinski definition) is 4. The van der Waals surface area contributed by atoms with Gasteiger partial charge in [-0.25, -0.2) is 4.73 Å². The van der Waals surface area contributed by atoms with E-state index in [1.54, 1.807) is 6.07 Å². The van der Waals surface area contributed by atoms with Gasteiger partial charge in [-0.05, 0) is 6.42 Å². The van der Waals surface area contributed by atoms with Gasteiger partial charge in [0.15, 0.2) is 0 Å². The lowest BCUT2D eigenvalue weighted by Gasteiger charge is -2.29. The number of pyridine rings is 1. The second-order valence-electron chi connectivity index (χ2n) is 5.33. The van der Waals surface area contributed by atoms with Crippen molar-refractivity contribution < 1.29 is 9.47 Å². The maximum Gasteiger partial charge on any atom is 0.277 e. The van der Waals surface area contributed by atoms with E-state index >= 15 is 0 Å². The van der Waals surface area contributed by atoms with E-state index in [0.717, 1.165) is 61.7 Å². The molecule has 1 saturated heterocycles. The van der Waals surface area contributed by atoms with Crippen LogP contribution in [0.2, 0.25) is 0 Å². The predicted molar refractivity (Wildman–Crippen MR) is 80.7 cm³/mol. The highest BCUT2D eigenvalue weighted by atomic mass is 16.5. The molecule has 1 aromatic heterocycles. The van der Waals surface area contributed by atoms with Gasteiger partial charge in [0.25, 0.3) is 5.82 Å². The van der Waals surface area contributed by atoms with Crippen LogP contribution in [0.3, 0.4) is 0 Å². The molecule has 112 valence electrons. The zero-order valence-corrected chi connectivity index (χ0v) is 12.3. The average molecular weight is 279 g/mol. The van der Waals surface area contributed by atoms with Crippen LogP contribution in [-0.4, -0.2) is 26.3 Å². The molecule has 2 rings (SSSR count). The molecular weight excluding hydrogens is 254 g/mol. The summed E-state index contributed by atoms with van der Waals surface area (Å²) in [5.41, 5.74) is 7.68. The smallest absolute Gasteiger partial charge is 0.277 e. The highest BCUT2D eigenvalue weighted by Crippen LogP contribution is 2.19. The Balaban J connectivity index is 2.07. The first-order valence-corrected chi connectivity index (χ1v) is 7.57. The van der Waals surface area contributed by atoms with Gasteiger partial charge in [-0.3, -0.25) is 5.73 Å². The number of nitrogens with two attached hydrogens (primary N) is 1. The van der Waals surface area contributed by atoms with Gasteiger partial charge in [0, 0.05) is 31.3 Å². The van der Waals surface area contributed by atoms with Crippen molar-refractivity contribution in [3.8, 4) is 0 Å². The predicted octanol–water partition coefficient (Wildman–Crippen LogP) is 1.86. The molecule has 1 aromatic rings. The Kier molecular flexibility index (Phi) is 5.47. The zero-order valence-electron chi connectivity index (χ0n) is 12.3. The van der Waals surface area contributed by atoms with E-state index in [0.29, 0.717) is 5.82 Å². The molecule has 2 N–H and O–H groups in total. The molecule has 0 aromatic carbocycles. The van der Waals surface area contributed by atoms with Crippen molar-refractivity contribution in [2.75, 3.05) is 36.9 Å². The van der Waals surface area contributed by atoms with Crippen LogP contribution in [0.4, 0.5) is 11.5 Å². The van der Waals surface area contributed by atoms with Crippen molar-refractivity contribution in [3.63, 3.8) is 0 Å². The average Bonchev–Trinajstić information content (AvgIpc) is 2.48. The molecule has 0 bridgehead atoms. The van der Waals surface area contributed by atoms with Crippen molar-refractivity contribution in [1.82, 2.24) is 0 Å². The van der Waals surface area contributed by atoms with E-state index in [1.165, 1.54) is 12.8 Å². The fourth-order valence-electron chi connectivity index (χ4n) is 2.56. The van der Waals surface area contributed by atoms with Crippen LogP contribution < -0.4 is 15.4 Å². The third-order valence-corrected chi connectivity index (χ3v) is 3.77. The van der Waals surface area contributed by atoms with E-state index < -0.39 is 0 Å². The number of aryl methyl sites for hydroxylation is 1. The second-order valence-corrected chi connectivity index (χ2v) is 5.33. The van der Waals surface area contributed by atoms with E-state index in [4.69, 9.17) is 10.5 Å². The summed E-state index contributed by atoms with van der Waals surface area (Å²) in [6, 6.07) is 3.76. The van der Waals surface area contributed by atoms with Crippen LogP contribution in [0, 0.1) is 5.21 Å². The number of morpholine rings is 1. The fraction of sp³-hybridized carbons (Fsp3) is 0.667. The molecule has 0 atom stereocenters. The molecule has 0 amide bonds. The third-order valence-electron chi connectivity index (χ3n) is 3.77. The molecule has 0 saturated carbocycles. The summed E-state index contributed by atoms with van der Waals surface area (Å²) in [6.45, 7) is 5.37. The van der Waals surface area contributed by atoms with Crippen LogP contribution in [0.5, 0.6) is 0 Å². The number of rotatable bonds is 6. The number of hydrogen-bond donors (Lipinski definition) is 1. The fourth-order valence-corrected chi connectivity index (χ4v) is 2.56. The molecule has 0 radical (unpaired) electrons. The monoisotopic (exact) mass is 279 g/mol. The number of nitrogens with zero attached hydrogens (tertiary/aromatic N) is 2. The van der Waals surface area contributed by atoms with Crippen LogP contribution in [0.25, 0.3) is 0 Å². The standard InChI is InChI=1S/C15H25N3O2/c1-2-3-4-5-6-13-11-14(12-15(16)18(13)19)17-7-9-20-10-8-17/h11-12H,2-10,16H2,1H3. The minimum absolute atomic E-state index is 0.291. The molecule has 0 spiro atoms. The zero-order chi connectivity index (χ0) is 14.4. The van der Waals surface area contributed by atoms with Crippen LogP contribution in [-0.2, 0) is 11.2 Å². The number of ether oxygens (including phenoxy) is 1. The third kappa shape index (κ3) is 3.76. The van der Waals surface area contributed by atoms with E-state index in [1.807, 2.05) is 6.07 Å².